The van der Waals surface area contributed by atoms with Gasteiger partial charge in [-0.25, -0.2) is 0 Å². The number of carbonyl (C=O) groups is 2. The molecule has 2 aliphatic rings. The highest BCUT2D eigenvalue weighted by atomic mass is 16.5. The minimum atomic E-state index is -0.897. The van der Waals surface area contributed by atoms with Crippen molar-refractivity contribution in [1.29, 1.82) is 0 Å². The SMILES string of the molecule is CC1(C)CCCCC1C(=O)NC1COCC1C(=O)O. The molecule has 3 atom stereocenters. The smallest absolute Gasteiger partial charge is 0.311 e. The normalized spacial score (nSPS) is 33.9. The van der Waals surface area contributed by atoms with Crippen LogP contribution in [0.3, 0.4) is 0 Å². The number of aliphatic carboxylic acids is 1. The molecule has 5 heteroatoms. The van der Waals surface area contributed by atoms with Gasteiger partial charge in [0.05, 0.1) is 19.3 Å². The highest BCUT2D eigenvalue weighted by Gasteiger charge is 2.40. The maximum Gasteiger partial charge on any atom is 0.311 e. The molecule has 2 N–H and O–H groups in total. The largest absolute Gasteiger partial charge is 0.481 e. The molecule has 0 aromatic rings. The molecule has 0 bridgehead atoms. The lowest BCUT2D eigenvalue weighted by molar-refractivity contribution is -0.142. The molecule has 5 nitrogen and oxygen atoms in total. The molecular weight excluding hydrogens is 246 g/mol. The van der Waals surface area contributed by atoms with Crippen LogP contribution in [-0.4, -0.2) is 36.2 Å². The summed E-state index contributed by atoms with van der Waals surface area (Å²) in [6.45, 7) is 4.73. The first-order valence-corrected chi connectivity index (χ1v) is 7.03. The van der Waals surface area contributed by atoms with Crippen LogP contribution >= 0.6 is 0 Å². The summed E-state index contributed by atoms with van der Waals surface area (Å²) in [6, 6.07) is -0.386. The van der Waals surface area contributed by atoms with Crippen molar-refractivity contribution in [3.63, 3.8) is 0 Å². The van der Waals surface area contributed by atoms with Gasteiger partial charge in [-0.15, -0.1) is 0 Å². The van der Waals surface area contributed by atoms with Gasteiger partial charge in [-0.05, 0) is 18.3 Å². The fourth-order valence-corrected chi connectivity index (χ4v) is 3.20. The second kappa shape index (κ2) is 5.49. The van der Waals surface area contributed by atoms with Crippen molar-refractivity contribution >= 4 is 11.9 Å². The van der Waals surface area contributed by atoms with Crippen LogP contribution < -0.4 is 5.32 Å². The second-order valence-corrected chi connectivity index (χ2v) is 6.38. The lowest BCUT2D eigenvalue weighted by Gasteiger charge is -2.38. The maximum atomic E-state index is 12.4. The van der Waals surface area contributed by atoms with Gasteiger partial charge in [0.2, 0.25) is 5.91 Å². The minimum absolute atomic E-state index is 0.000511. The Hall–Kier alpha value is -1.10. The van der Waals surface area contributed by atoms with Gasteiger partial charge < -0.3 is 15.2 Å². The number of carboxylic acids is 1. The Bertz CT molecular complexity index is 366. The molecule has 2 rings (SSSR count). The lowest BCUT2D eigenvalue weighted by Crippen LogP contribution is -2.48. The number of ether oxygens (including phenoxy) is 1. The van der Waals surface area contributed by atoms with E-state index in [0.29, 0.717) is 6.61 Å². The first kappa shape index (κ1) is 14.3. The zero-order valence-electron chi connectivity index (χ0n) is 11.6. The Labute approximate surface area is 113 Å². The van der Waals surface area contributed by atoms with Crippen LogP contribution in [0.5, 0.6) is 0 Å². The van der Waals surface area contributed by atoms with Crippen LogP contribution in [0, 0.1) is 17.3 Å². The van der Waals surface area contributed by atoms with E-state index in [0.717, 1.165) is 19.3 Å². The van der Waals surface area contributed by atoms with Crippen molar-refractivity contribution < 1.29 is 19.4 Å². The molecule has 2 fully saturated rings. The maximum absolute atomic E-state index is 12.4. The van der Waals surface area contributed by atoms with E-state index in [1.807, 2.05) is 0 Å². The lowest BCUT2D eigenvalue weighted by atomic mass is 9.68. The molecule has 0 aromatic heterocycles. The number of hydrogen-bond donors (Lipinski definition) is 2. The van der Waals surface area contributed by atoms with Crippen molar-refractivity contribution in [3.8, 4) is 0 Å². The van der Waals surface area contributed by atoms with Crippen LogP contribution in [0.2, 0.25) is 0 Å². The van der Waals surface area contributed by atoms with E-state index < -0.39 is 11.9 Å². The molecule has 1 heterocycles. The van der Waals surface area contributed by atoms with Gasteiger partial charge in [0.25, 0.3) is 0 Å². The monoisotopic (exact) mass is 269 g/mol. The zero-order chi connectivity index (χ0) is 14.0. The molecular formula is C14H23NO4. The molecule has 1 saturated carbocycles. The zero-order valence-corrected chi connectivity index (χ0v) is 11.6. The van der Waals surface area contributed by atoms with E-state index in [9.17, 15) is 9.59 Å². The van der Waals surface area contributed by atoms with Crippen molar-refractivity contribution in [1.82, 2.24) is 5.32 Å². The van der Waals surface area contributed by atoms with Crippen LogP contribution in [0.25, 0.3) is 0 Å². The van der Waals surface area contributed by atoms with Crippen LogP contribution in [0.1, 0.15) is 39.5 Å². The highest BCUT2D eigenvalue weighted by Crippen LogP contribution is 2.40. The van der Waals surface area contributed by atoms with Gasteiger partial charge in [-0.3, -0.25) is 9.59 Å². The summed E-state index contributed by atoms with van der Waals surface area (Å²) in [5.74, 6) is -1.54. The summed E-state index contributed by atoms with van der Waals surface area (Å²) in [4.78, 5) is 23.4. The first-order valence-electron chi connectivity index (χ1n) is 7.03. The number of rotatable bonds is 3. The van der Waals surface area contributed by atoms with E-state index in [-0.39, 0.29) is 29.9 Å². The second-order valence-electron chi connectivity index (χ2n) is 6.38. The van der Waals surface area contributed by atoms with Gasteiger partial charge in [0.15, 0.2) is 0 Å². The fraction of sp³-hybridized carbons (Fsp3) is 0.857. The highest BCUT2D eigenvalue weighted by molar-refractivity contribution is 5.81. The summed E-state index contributed by atoms with van der Waals surface area (Å²) in [5.41, 5.74) is 0.000511. The Balaban J connectivity index is 1.98. The van der Waals surface area contributed by atoms with E-state index in [4.69, 9.17) is 9.84 Å². The standard InChI is InChI=1S/C14H23NO4/c1-14(2)6-4-3-5-10(14)12(16)15-11-8-19-7-9(11)13(17)18/h9-11H,3-8H2,1-2H3,(H,15,16)(H,17,18). The predicted molar refractivity (Wildman–Crippen MR) is 69.6 cm³/mol. The molecule has 0 spiro atoms. The summed E-state index contributed by atoms with van der Waals surface area (Å²) >= 11 is 0. The molecule has 0 radical (unpaired) electrons. The van der Waals surface area contributed by atoms with E-state index in [2.05, 4.69) is 19.2 Å². The summed E-state index contributed by atoms with van der Waals surface area (Å²) in [7, 11) is 0. The Morgan fingerprint density at radius 3 is 2.63 bits per heavy atom. The average Bonchev–Trinajstić information content (AvgIpc) is 2.76. The Kier molecular flexibility index (Phi) is 4.13. The summed E-state index contributed by atoms with van der Waals surface area (Å²) in [6.07, 6.45) is 4.19. The third-order valence-corrected chi connectivity index (χ3v) is 4.55. The molecule has 3 unspecified atom stereocenters. The van der Waals surface area contributed by atoms with Crippen molar-refractivity contribution in [2.24, 2.45) is 17.3 Å². The Morgan fingerprint density at radius 1 is 1.26 bits per heavy atom. The average molecular weight is 269 g/mol. The van der Waals surface area contributed by atoms with Crippen LogP contribution in [0.15, 0.2) is 0 Å². The number of carboxylic acid groups (broad SMARTS) is 1. The molecule has 1 aliphatic heterocycles. The van der Waals surface area contributed by atoms with Gasteiger partial charge in [-0.2, -0.15) is 0 Å². The van der Waals surface area contributed by atoms with Crippen molar-refractivity contribution in [2.45, 2.75) is 45.6 Å². The molecule has 1 amide bonds. The molecule has 108 valence electrons. The molecule has 1 aliphatic carbocycles. The number of amides is 1. The Morgan fingerprint density at radius 2 is 2.00 bits per heavy atom. The fourth-order valence-electron chi connectivity index (χ4n) is 3.20. The van der Waals surface area contributed by atoms with E-state index in [1.165, 1.54) is 6.42 Å². The number of hydrogen-bond acceptors (Lipinski definition) is 3. The van der Waals surface area contributed by atoms with E-state index in [1.54, 1.807) is 0 Å². The topological polar surface area (TPSA) is 75.6 Å². The van der Waals surface area contributed by atoms with Crippen LogP contribution in [0.4, 0.5) is 0 Å². The quantitative estimate of drug-likeness (QED) is 0.812. The van der Waals surface area contributed by atoms with Crippen molar-refractivity contribution in [2.75, 3.05) is 13.2 Å². The third kappa shape index (κ3) is 3.08. The molecule has 1 saturated heterocycles. The summed E-state index contributed by atoms with van der Waals surface area (Å²) in [5, 5.41) is 12.0. The van der Waals surface area contributed by atoms with Gasteiger partial charge in [-0.1, -0.05) is 26.7 Å². The third-order valence-electron chi connectivity index (χ3n) is 4.55. The predicted octanol–water partition coefficient (Wildman–Crippen LogP) is 1.42. The van der Waals surface area contributed by atoms with E-state index >= 15 is 0 Å². The molecule has 19 heavy (non-hydrogen) atoms. The summed E-state index contributed by atoms with van der Waals surface area (Å²) < 4.78 is 5.18. The number of carbonyl (C=O) groups excluding carboxylic acids is 1. The molecule has 0 aromatic carbocycles. The van der Waals surface area contributed by atoms with Gasteiger partial charge in [0, 0.05) is 5.92 Å². The first-order chi connectivity index (χ1) is 8.92. The van der Waals surface area contributed by atoms with Crippen molar-refractivity contribution in [3.05, 3.63) is 0 Å². The van der Waals surface area contributed by atoms with Gasteiger partial charge in [0.1, 0.15) is 5.92 Å². The number of nitrogens with one attached hydrogen (secondary N) is 1. The van der Waals surface area contributed by atoms with Crippen LogP contribution in [-0.2, 0) is 14.3 Å². The minimum Gasteiger partial charge on any atom is -0.481 e. The van der Waals surface area contributed by atoms with Gasteiger partial charge >= 0.3 is 5.97 Å².